The quantitative estimate of drug-likeness (QED) is 0.434. The zero-order valence-corrected chi connectivity index (χ0v) is 12.0. The molecule has 0 aromatic carbocycles. The predicted molar refractivity (Wildman–Crippen MR) is 76.1 cm³/mol. The van der Waals surface area contributed by atoms with Gasteiger partial charge in [-0.25, -0.2) is 0 Å². The van der Waals surface area contributed by atoms with Crippen LogP contribution in [0.1, 0.15) is 39.5 Å². The Morgan fingerprint density at radius 1 is 1.11 bits per heavy atom. The molecule has 4 aliphatic rings. The van der Waals surface area contributed by atoms with E-state index in [0.29, 0.717) is 0 Å². The molecule has 0 aromatic rings. The van der Waals surface area contributed by atoms with Crippen molar-refractivity contribution in [3.8, 4) is 11.8 Å². The van der Waals surface area contributed by atoms with E-state index in [1.807, 2.05) is 0 Å². The normalized spacial score (nSPS) is 49.3. The number of allylic oxidation sites excluding steroid dienone is 2. The van der Waals surface area contributed by atoms with Gasteiger partial charge in [-0.2, -0.15) is 0 Å². The summed E-state index contributed by atoms with van der Waals surface area (Å²) in [6.45, 7) is 3.55. The van der Waals surface area contributed by atoms with Crippen molar-refractivity contribution < 1.29 is 5.11 Å². The molecular weight excluding hydrogens is 232 g/mol. The first kappa shape index (κ1) is 12.0. The second-order valence-corrected chi connectivity index (χ2v) is 7.82. The number of hydrogen-bond donors (Lipinski definition) is 1. The van der Waals surface area contributed by atoms with Gasteiger partial charge in [-0.15, -0.1) is 0 Å². The van der Waals surface area contributed by atoms with Crippen LogP contribution in [0.15, 0.2) is 12.2 Å². The largest absolute Gasteiger partial charge is 0.378 e. The summed E-state index contributed by atoms with van der Waals surface area (Å²) in [7, 11) is 0. The van der Waals surface area contributed by atoms with Crippen LogP contribution in [0.3, 0.4) is 0 Å². The lowest BCUT2D eigenvalue weighted by atomic mass is 9.69. The first-order chi connectivity index (χ1) is 9.03. The lowest BCUT2D eigenvalue weighted by molar-refractivity contribution is 0.142. The molecule has 102 valence electrons. The zero-order valence-electron chi connectivity index (χ0n) is 12.0. The fourth-order valence-corrected chi connectivity index (χ4v) is 5.79. The monoisotopic (exact) mass is 256 g/mol. The van der Waals surface area contributed by atoms with Crippen molar-refractivity contribution >= 4 is 0 Å². The minimum Gasteiger partial charge on any atom is -0.378 e. The molecule has 4 rings (SSSR count). The highest BCUT2D eigenvalue weighted by Crippen LogP contribution is 2.67. The van der Waals surface area contributed by atoms with Crippen LogP contribution in [0.25, 0.3) is 0 Å². The second kappa shape index (κ2) is 3.89. The van der Waals surface area contributed by atoms with Gasteiger partial charge in [-0.1, -0.05) is 24.0 Å². The molecule has 3 saturated carbocycles. The van der Waals surface area contributed by atoms with Gasteiger partial charge in [0.1, 0.15) is 5.60 Å². The minimum absolute atomic E-state index is 0.814. The lowest BCUT2D eigenvalue weighted by Gasteiger charge is -2.36. The maximum absolute atomic E-state index is 9.68. The average molecular weight is 256 g/mol. The number of aliphatic hydroxyl groups is 1. The van der Waals surface area contributed by atoms with Crippen molar-refractivity contribution in [3.63, 3.8) is 0 Å². The molecule has 0 heterocycles. The summed E-state index contributed by atoms with van der Waals surface area (Å²) in [6, 6.07) is 0. The highest BCUT2D eigenvalue weighted by Gasteiger charge is 2.60. The summed E-state index contributed by atoms with van der Waals surface area (Å²) in [5, 5.41) is 9.68. The Labute approximate surface area is 116 Å². The van der Waals surface area contributed by atoms with E-state index >= 15 is 0 Å². The van der Waals surface area contributed by atoms with Crippen LogP contribution in [0.5, 0.6) is 0 Å². The molecule has 0 aliphatic heterocycles. The van der Waals surface area contributed by atoms with Crippen LogP contribution in [-0.4, -0.2) is 10.7 Å². The van der Waals surface area contributed by atoms with Crippen molar-refractivity contribution in [2.45, 2.75) is 45.1 Å². The van der Waals surface area contributed by atoms with Crippen LogP contribution in [0, 0.1) is 53.3 Å². The summed E-state index contributed by atoms with van der Waals surface area (Å²) in [6.07, 6.45) is 10.4. The van der Waals surface area contributed by atoms with Gasteiger partial charge >= 0.3 is 0 Å². The van der Waals surface area contributed by atoms with Crippen LogP contribution >= 0.6 is 0 Å². The summed E-state index contributed by atoms with van der Waals surface area (Å²) in [5.41, 5.74) is -0.824. The van der Waals surface area contributed by atoms with Crippen molar-refractivity contribution in [2.75, 3.05) is 0 Å². The standard InChI is InChI=1S/C18H24O/c1-18(2,19)7-3-4-11-8-14-10-15(11)17-13-6-5-12(9-13)16(14)17/h5-6,11-17,19H,4,8-10H2,1-2H3/t11-,12+,13+,14+,15-,16+,17-/m1/s1. The molecule has 3 fully saturated rings. The third-order valence-corrected chi connectivity index (χ3v) is 6.17. The van der Waals surface area contributed by atoms with Gasteiger partial charge < -0.3 is 5.11 Å². The van der Waals surface area contributed by atoms with E-state index in [-0.39, 0.29) is 0 Å². The Morgan fingerprint density at radius 2 is 1.84 bits per heavy atom. The Kier molecular flexibility index (Phi) is 2.46. The highest BCUT2D eigenvalue weighted by molar-refractivity contribution is 5.21. The summed E-state index contributed by atoms with van der Waals surface area (Å²) >= 11 is 0. The molecule has 4 aliphatic carbocycles. The zero-order chi connectivity index (χ0) is 13.2. The molecule has 0 unspecified atom stereocenters. The maximum atomic E-state index is 9.68. The fraction of sp³-hybridized carbons (Fsp3) is 0.778. The molecule has 0 aromatic heterocycles. The first-order valence-electron chi connectivity index (χ1n) is 7.93. The summed E-state index contributed by atoms with van der Waals surface area (Å²) < 4.78 is 0. The molecule has 19 heavy (non-hydrogen) atoms. The van der Waals surface area contributed by atoms with Gasteiger partial charge in [-0.05, 0) is 74.5 Å². The van der Waals surface area contributed by atoms with E-state index in [4.69, 9.17) is 0 Å². The number of fused-ring (bicyclic) bond motifs is 9. The van der Waals surface area contributed by atoms with Gasteiger partial charge in [0.05, 0.1) is 0 Å². The van der Waals surface area contributed by atoms with E-state index < -0.39 is 5.60 Å². The maximum Gasteiger partial charge on any atom is 0.119 e. The lowest BCUT2D eigenvalue weighted by Crippen LogP contribution is -2.30. The van der Waals surface area contributed by atoms with Gasteiger partial charge in [0, 0.05) is 6.42 Å². The highest BCUT2D eigenvalue weighted by atomic mass is 16.3. The van der Waals surface area contributed by atoms with Gasteiger partial charge in [-0.3, -0.25) is 0 Å². The van der Waals surface area contributed by atoms with E-state index in [0.717, 1.165) is 47.8 Å². The van der Waals surface area contributed by atoms with Crippen LogP contribution in [-0.2, 0) is 0 Å². The molecule has 0 amide bonds. The predicted octanol–water partition coefficient (Wildman–Crippen LogP) is 3.25. The molecule has 0 saturated heterocycles. The Hall–Kier alpha value is -0.740. The van der Waals surface area contributed by atoms with E-state index in [2.05, 4.69) is 24.0 Å². The van der Waals surface area contributed by atoms with E-state index in [1.54, 1.807) is 13.8 Å². The van der Waals surface area contributed by atoms with Gasteiger partial charge in [0.25, 0.3) is 0 Å². The Morgan fingerprint density at radius 3 is 2.58 bits per heavy atom. The van der Waals surface area contributed by atoms with Crippen molar-refractivity contribution in [1.82, 2.24) is 0 Å². The molecular formula is C18H24O. The topological polar surface area (TPSA) is 20.2 Å². The number of hydrogen-bond acceptors (Lipinski definition) is 1. The fourth-order valence-electron chi connectivity index (χ4n) is 5.79. The average Bonchev–Trinajstić information content (AvgIpc) is 3.05. The Bertz CT molecular complexity index is 472. The molecule has 0 spiro atoms. The minimum atomic E-state index is -0.824. The summed E-state index contributed by atoms with van der Waals surface area (Å²) in [4.78, 5) is 0. The third-order valence-electron chi connectivity index (χ3n) is 6.17. The van der Waals surface area contributed by atoms with E-state index in [9.17, 15) is 5.11 Å². The SMILES string of the molecule is CC(C)(O)C#CC[C@@H]1C[C@H]2C[C@H]1[C@@H]1[C@H]2[C@H]2C=C[C@H]1C2. The van der Waals surface area contributed by atoms with Crippen molar-refractivity contribution in [3.05, 3.63) is 12.2 Å². The molecule has 7 atom stereocenters. The van der Waals surface area contributed by atoms with Gasteiger partial charge in [0.2, 0.25) is 0 Å². The van der Waals surface area contributed by atoms with E-state index in [1.165, 1.54) is 19.3 Å². The Balaban J connectivity index is 1.48. The number of rotatable bonds is 1. The first-order valence-corrected chi connectivity index (χ1v) is 7.93. The molecule has 4 bridgehead atoms. The van der Waals surface area contributed by atoms with Crippen LogP contribution < -0.4 is 0 Å². The second-order valence-electron chi connectivity index (χ2n) is 7.82. The molecule has 0 radical (unpaired) electrons. The van der Waals surface area contributed by atoms with Crippen molar-refractivity contribution in [2.24, 2.45) is 41.4 Å². The molecule has 1 nitrogen and oxygen atoms in total. The third kappa shape index (κ3) is 1.80. The van der Waals surface area contributed by atoms with Crippen LogP contribution in [0.4, 0.5) is 0 Å². The molecule has 1 heteroatoms. The summed E-state index contributed by atoms with van der Waals surface area (Å²) in [5.74, 6) is 12.8. The molecule has 1 N–H and O–H groups in total. The van der Waals surface area contributed by atoms with Crippen molar-refractivity contribution in [1.29, 1.82) is 0 Å². The van der Waals surface area contributed by atoms with Crippen LogP contribution in [0.2, 0.25) is 0 Å². The smallest absolute Gasteiger partial charge is 0.119 e. The van der Waals surface area contributed by atoms with Gasteiger partial charge in [0.15, 0.2) is 0 Å².